The van der Waals surface area contributed by atoms with Crippen LogP contribution in [0.15, 0.2) is 52.4 Å². The summed E-state index contributed by atoms with van der Waals surface area (Å²) < 4.78 is 11.7. The van der Waals surface area contributed by atoms with Crippen molar-refractivity contribution in [3.8, 4) is 5.75 Å². The van der Waals surface area contributed by atoms with Crippen LogP contribution in [0.1, 0.15) is 45.2 Å². The Hall–Kier alpha value is -2.39. The lowest BCUT2D eigenvalue weighted by Gasteiger charge is -2.35. The number of ketones is 1. The summed E-state index contributed by atoms with van der Waals surface area (Å²) in [6, 6.07) is 13.0. The molecule has 38 heavy (non-hydrogen) atoms. The van der Waals surface area contributed by atoms with E-state index < -0.39 is 8.32 Å². The molecular weight excluding hydrogens is 536 g/mol. The van der Waals surface area contributed by atoms with E-state index in [0.717, 1.165) is 23.2 Å². The van der Waals surface area contributed by atoms with E-state index in [4.69, 9.17) is 20.8 Å². The van der Waals surface area contributed by atoms with Gasteiger partial charge in [-0.2, -0.15) is 0 Å². The minimum atomic E-state index is -2.01. The first-order valence-electron chi connectivity index (χ1n) is 12.8. The fraction of sp³-hybridized carbons (Fsp3) is 0.414. The summed E-state index contributed by atoms with van der Waals surface area (Å²) in [7, 11) is -2.01. The molecule has 1 fully saturated rings. The van der Waals surface area contributed by atoms with Gasteiger partial charge < -0.3 is 9.16 Å². The summed E-state index contributed by atoms with van der Waals surface area (Å²) in [5.74, 6) is 0.148. The second kappa shape index (κ2) is 12.6. The van der Waals surface area contributed by atoms with Crippen LogP contribution in [0.4, 0.5) is 5.69 Å². The topological polar surface area (TPSA) is 68.2 Å². The standard InChI is InChI=1S/C29H37ClN2O4SSi/c1-8-15-31-28-32(24-12-10-9-11-20(24)2)27(34)26(37-28)17-21-13-14-25(23(30)16-21)35-18-22(33)19-36-38(6,7)29(3,4)5/h9-14,16-17H,8,15,18-19H2,1-7H3. The van der Waals surface area contributed by atoms with Gasteiger partial charge in [0.15, 0.2) is 19.3 Å². The highest BCUT2D eigenvalue weighted by atomic mass is 35.5. The molecule has 0 radical (unpaired) electrons. The van der Waals surface area contributed by atoms with Gasteiger partial charge in [0.2, 0.25) is 0 Å². The molecule has 204 valence electrons. The second-order valence-electron chi connectivity index (χ2n) is 10.8. The first-order chi connectivity index (χ1) is 17.8. The smallest absolute Gasteiger partial charge is 0.271 e. The fourth-order valence-corrected chi connectivity index (χ4v) is 5.56. The number of thioether (sulfide) groups is 1. The van der Waals surface area contributed by atoms with E-state index in [1.165, 1.54) is 11.8 Å². The Morgan fingerprint density at radius 1 is 1.16 bits per heavy atom. The van der Waals surface area contributed by atoms with Crippen molar-refractivity contribution in [1.29, 1.82) is 0 Å². The number of benzene rings is 2. The number of halogens is 1. The third-order valence-corrected chi connectivity index (χ3v) is 12.5. The minimum Gasteiger partial charge on any atom is -0.484 e. The predicted octanol–water partition coefficient (Wildman–Crippen LogP) is 7.51. The number of carbonyl (C=O) groups excluding carboxylic acids is 2. The van der Waals surface area contributed by atoms with Crippen molar-refractivity contribution in [3.63, 3.8) is 0 Å². The Balaban J connectivity index is 1.71. The number of rotatable bonds is 10. The molecule has 0 atom stereocenters. The first kappa shape index (κ1) is 30.2. The molecule has 2 aromatic carbocycles. The van der Waals surface area contributed by atoms with Gasteiger partial charge in [0.25, 0.3) is 5.91 Å². The molecule has 0 saturated carbocycles. The molecule has 0 N–H and O–H groups in total. The van der Waals surface area contributed by atoms with E-state index in [1.54, 1.807) is 23.1 Å². The van der Waals surface area contributed by atoms with Gasteiger partial charge in [-0.05, 0) is 78.6 Å². The van der Waals surface area contributed by atoms with E-state index >= 15 is 0 Å². The van der Waals surface area contributed by atoms with E-state index in [-0.39, 0.29) is 29.9 Å². The number of anilines is 1. The zero-order chi connectivity index (χ0) is 28.1. The molecule has 0 bridgehead atoms. The van der Waals surface area contributed by atoms with Crippen LogP contribution in [0.2, 0.25) is 23.2 Å². The number of amidine groups is 1. The van der Waals surface area contributed by atoms with Crippen molar-refractivity contribution in [1.82, 2.24) is 0 Å². The molecular formula is C29H37ClN2O4SSi. The molecule has 1 amide bonds. The summed E-state index contributed by atoms with van der Waals surface area (Å²) in [5.41, 5.74) is 2.58. The number of Topliss-reactive ketones (excluding diaryl/α,β-unsaturated/α-hetero) is 1. The quantitative estimate of drug-likeness (QED) is 0.218. The van der Waals surface area contributed by atoms with Crippen LogP contribution < -0.4 is 9.64 Å². The minimum absolute atomic E-state index is 0.0247. The van der Waals surface area contributed by atoms with Gasteiger partial charge >= 0.3 is 0 Å². The number of aliphatic imine (C=N–C) groups is 1. The number of amides is 1. The maximum absolute atomic E-state index is 13.4. The number of aryl methyl sites for hydroxylation is 1. The molecule has 3 rings (SSSR count). The third kappa shape index (κ3) is 7.37. The first-order valence-corrected chi connectivity index (χ1v) is 16.9. The van der Waals surface area contributed by atoms with E-state index in [2.05, 4.69) is 45.8 Å². The Kier molecular flexibility index (Phi) is 10.0. The highest BCUT2D eigenvalue weighted by molar-refractivity contribution is 8.19. The lowest BCUT2D eigenvalue weighted by Crippen LogP contribution is -2.42. The molecule has 1 heterocycles. The molecule has 9 heteroatoms. The van der Waals surface area contributed by atoms with E-state index in [9.17, 15) is 9.59 Å². The number of hydrogen-bond acceptors (Lipinski definition) is 6. The Bertz CT molecular complexity index is 1250. The van der Waals surface area contributed by atoms with Crippen molar-refractivity contribution < 1.29 is 18.8 Å². The largest absolute Gasteiger partial charge is 0.484 e. The Morgan fingerprint density at radius 3 is 2.50 bits per heavy atom. The van der Waals surface area contributed by atoms with E-state index in [1.807, 2.05) is 37.3 Å². The fourth-order valence-electron chi connectivity index (χ4n) is 3.37. The van der Waals surface area contributed by atoms with Crippen LogP contribution in [-0.4, -0.2) is 44.9 Å². The zero-order valence-corrected chi connectivity index (χ0v) is 25.8. The van der Waals surface area contributed by atoms with E-state index in [0.29, 0.717) is 27.4 Å². The highest BCUT2D eigenvalue weighted by Gasteiger charge is 2.37. The van der Waals surface area contributed by atoms with Gasteiger partial charge in [-0.1, -0.05) is 63.6 Å². The van der Waals surface area contributed by atoms with Crippen LogP contribution in [0, 0.1) is 6.92 Å². The normalized spacial score (nSPS) is 16.5. The number of carbonyl (C=O) groups is 2. The second-order valence-corrected chi connectivity index (χ2v) is 17.0. The molecule has 1 aliphatic rings. The van der Waals surface area contributed by atoms with Crippen molar-refractivity contribution in [2.24, 2.45) is 4.99 Å². The molecule has 0 unspecified atom stereocenters. The lowest BCUT2D eigenvalue weighted by molar-refractivity contribution is -0.123. The predicted molar refractivity (Wildman–Crippen MR) is 162 cm³/mol. The summed E-state index contributed by atoms with van der Waals surface area (Å²) in [6.45, 7) is 15.2. The van der Waals surface area contributed by atoms with Crippen molar-refractivity contribution >= 4 is 60.3 Å². The van der Waals surface area contributed by atoms with Gasteiger partial charge in [-0.25, -0.2) is 0 Å². The van der Waals surface area contributed by atoms with Gasteiger partial charge in [0.1, 0.15) is 12.4 Å². The average Bonchev–Trinajstić information content (AvgIpc) is 3.15. The van der Waals surface area contributed by atoms with Crippen LogP contribution in [0.25, 0.3) is 6.08 Å². The molecule has 2 aromatic rings. The SMILES string of the molecule is CCCN=C1SC(=Cc2ccc(OCC(=O)CO[Si](C)(C)C(C)(C)C)c(Cl)c2)C(=O)N1c1ccccc1C. The van der Waals surface area contributed by atoms with Crippen LogP contribution in [0.5, 0.6) is 5.75 Å². The van der Waals surface area contributed by atoms with Gasteiger partial charge in [0, 0.05) is 6.54 Å². The summed E-state index contributed by atoms with van der Waals surface area (Å²) in [6.07, 6.45) is 2.70. The average molecular weight is 573 g/mol. The molecule has 1 aliphatic heterocycles. The van der Waals surface area contributed by atoms with Crippen molar-refractivity contribution in [2.45, 2.75) is 59.2 Å². The van der Waals surface area contributed by atoms with Gasteiger partial charge in [0.05, 0.1) is 22.2 Å². The summed E-state index contributed by atoms with van der Waals surface area (Å²) in [5, 5.41) is 1.06. The highest BCUT2D eigenvalue weighted by Crippen LogP contribution is 2.38. The van der Waals surface area contributed by atoms with Gasteiger partial charge in [-0.15, -0.1) is 0 Å². The number of ether oxygens (including phenoxy) is 1. The summed E-state index contributed by atoms with van der Waals surface area (Å²) in [4.78, 5) is 32.7. The maximum atomic E-state index is 13.4. The number of para-hydroxylation sites is 1. The zero-order valence-electron chi connectivity index (χ0n) is 23.3. The molecule has 0 aromatic heterocycles. The van der Waals surface area contributed by atoms with Crippen molar-refractivity contribution in [2.75, 3.05) is 24.7 Å². The Labute approximate surface area is 236 Å². The van der Waals surface area contributed by atoms with Crippen molar-refractivity contribution in [3.05, 3.63) is 63.5 Å². The van der Waals surface area contributed by atoms with Crippen LogP contribution in [0.3, 0.4) is 0 Å². The molecule has 0 spiro atoms. The number of hydrogen-bond donors (Lipinski definition) is 0. The van der Waals surface area contributed by atoms with Gasteiger partial charge in [-0.3, -0.25) is 19.5 Å². The monoisotopic (exact) mass is 572 g/mol. The molecule has 0 aliphatic carbocycles. The lowest BCUT2D eigenvalue weighted by atomic mass is 10.1. The summed E-state index contributed by atoms with van der Waals surface area (Å²) >= 11 is 7.83. The van der Waals surface area contributed by atoms with Crippen LogP contribution in [-0.2, 0) is 14.0 Å². The molecule has 1 saturated heterocycles. The maximum Gasteiger partial charge on any atom is 0.271 e. The third-order valence-electron chi connectivity index (χ3n) is 6.68. The molecule has 6 nitrogen and oxygen atoms in total. The van der Waals surface area contributed by atoms with Crippen LogP contribution >= 0.6 is 23.4 Å². The Morgan fingerprint density at radius 2 is 1.87 bits per heavy atom. The number of nitrogens with zero attached hydrogens (tertiary/aromatic N) is 2.